The Hall–Kier alpha value is -1.43. The van der Waals surface area contributed by atoms with E-state index in [1.165, 1.54) is 11.1 Å². The lowest BCUT2D eigenvalue weighted by molar-refractivity contribution is -0.138. The first-order valence-electron chi connectivity index (χ1n) is 8.92. The van der Waals surface area contributed by atoms with Crippen LogP contribution in [0.3, 0.4) is 0 Å². The normalized spacial score (nSPS) is 27.5. The first-order chi connectivity index (χ1) is 11.8. The monoisotopic (exact) mass is 351 g/mol. The van der Waals surface area contributed by atoms with Crippen molar-refractivity contribution in [2.45, 2.75) is 58.8 Å². The first-order valence-corrected chi connectivity index (χ1v) is 8.92. The molecule has 5 nitrogen and oxygen atoms in total. The molecule has 0 spiro atoms. The molecule has 0 radical (unpaired) electrons. The number of methoxy groups -OCH3 is 1. The molecule has 0 unspecified atom stereocenters. The summed E-state index contributed by atoms with van der Waals surface area (Å²) in [6, 6.07) is -0.180. The highest BCUT2D eigenvalue weighted by Gasteiger charge is 2.37. The Morgan fingerprint density at radius 1 is 1.36 bits per heavy atom. The molecule has 5 heteroatoms. The minimum Gasteiger partial charge on any atom is -0.480 e. The fraction of sp³-hybridized carbons (Fsp3) is 0.650. The summed E-state index contributed by atoms with van der Waals surface area (Å²) in [5.41, 5.74) is 2.64. The van der Waals surface area contributed by atoms with Gasteiger partial charge in [0.15, 0.2) is 0 Å². The molecule has 2 N–H and O–H groups in total. The van der Waals surface area contributed by atoms with E-state index >= 15 is 0 Å². The van der Waals surface area contributed by atoms with Crippen LogP contribution in [0, 0.1) is 5.92 Å². The third kappa shape index (κ3) is 7.99. The van der Waals surface area contributed by atoms with Crippen molar-refractivity contribution in [3.63, 3.8) is 0 Å². The van der Waals surface area contributed by atoms with Crippen molar-refractivity contribution in [3.8, 4) is 0 Å². The number of carboxylic acid groups (broad SMARTS) is 1. The molecule has 4 atom stereocenters. The second-order valence-electron chi connectivity index (χ2n) is 6.99. The van der Waals surface area contributed by atoms with Crippen LogP contribution < -0.4 is 5.32 Å². The number of carboxylic acids is 1. The summed E-state index contributed by atoms with van der Waals surface area (Å²) < 4.78 is 11.5. The molecule has 0 bridgehead atoms. The third-order valence-corrected chi connectivity index (χ3v) is 4.35. The fourth-order valence-corrected chi connectivity index (χ4v) is 3.00. The molecular weight excluding hydrogens is 318 g/mol. The second kappa shape index (κ2) is 11.2. The highest BCUT2D eigenvalue weighted by Crippen LogP contribution is 2.23. The molecule has 25 heavy (non-hydrogen) atoms. The van der Waals surface area contributed by atoms with Crippen molar-refractivity contribution in [1.29, 1.82) is 0 Å². The van der Waals surface area contributed by atoms with Crippen LogP contribution in [0.2, 0.25) is 0 Å². The van der Waals surface area contributed by atoms with E-state index in [1.807, 2.05) is 12.2 Å². The van der Waals surface area contributed by atoms with Crippen LogP contribution in [0.25, 0.3) is 0 Å². The summed E-state index contributed by atoms with van der Waals surface area (Å²) in [6.45, 7) is 8.88. The number of nitrogens with one attached hydrogen (secondary N) is 1. The zero-order chi connectivity index (χ0) is 18.8. The van der Waals surface area contributed by atoms with Gasteiger partial charge in [0.05, 0.1) is 31.4 Å². The van der Waals surface area contributed by atoms with E-state index in [1.54, 1.807) is 7.11 Å². The summed E-state index contributed by atoms with van der Waals surface area (Å²) in [4.78, 5) is 10.9. The highest BCUT2D eigenvalue weighted by molar-refractivity contribution is 5.69. The molecule has 1 heterocycles. The maximum absolute atomic E-state index is 10.9. The fourth-order valence-electron chi connectivity index (χ4n) is 3.00. The predicted molar refractivity (Wildman–Crippen MR) is 101 cm³/mol. The van der Waals surface area contributed by atoms with E-state index in [9.17, 15) is 4.79 Å². The van der Waals surface area contributed by atoms with Crippen LogP contribution in [0.5, 0.6) is 0 Å². The number of aliphatic carboxylic acids is 1. The molecule has 1 fully saturated rings. The van der Waals surface area contributed by atoms with Gasteiger partial charge < -0.3 is 14.6 Å². The maximum Gasteiger partial charge on any atom is 0.317 e. The Kier molecular flexibility index (Phi) is 9.71. The van der Waals surface area contributed by atoms with E-state index in [-0.39, 0.29) is 30.7 Å². The Bertz CT molecular complexity index is 506. The molecule has 142 valence electrons. The topological polar surface area (TPSA) is 67.8 Å². The molecular formula is C20H33NO4. The van der Waals surface area contributed by atoms with Gasteiger partial charge in [-0.15, -0.1) is 0 Å². The molecule has 0 aromatic rings. The van der Waals surface area contributed by atoms with Gasteiger partial charge in [0.2, 0.25) is 0 Å². The lowest BCUT2D eigenvalue weighted by Crippen LogP contribution is -2.57. The van der Waals surface area contributed by atoms with Gasteiger partial charge in [-0.25, -0.2) is 0 Å². The maximum atomic E-state index is 10.9. The summed E-state index contributed by atoms with van der Waals surface area (Å²) in [5, 5.41) is 12.0. The third-order valence-electron chi connectivity index (χ3n) is 4.35. The highest BCUT2D eigenvalue weighted by atomic mass is 16.5. The first kappa shape index (κ1) is 21.6. The predicted octanol–water partition coefficient (Wildman–Crippen LogP) is 3.33. The number of allylic oxidation sites excluding steroid dienone is 5. The Balaban J connectivity index is 2.71. The Morgan fingerprint density at radius 3 is 2.68 bits per heavy atom. The zero-order valence-corrected chi connectivity index (χ0v) is 16.1. The van der Waals surface area contributed by atoms with Crippen LogP contribution >= 0.6 is 0 Å². The number of carbonyl (C=O) groups is 1. The van der Waals surface area contributed by atoms with Crippen LogP contribution in [0.1, 0.15) is 40.5 Å². The van der Waals surface area contributed by atoms with Gasteiger partial charge >= 0.3 is 5.97 Å². The van der Waals surface area contributed by atoms with Gasteiger partial charge in [0, 0.05) is 13.0 Å². The summed E-state index contributed by atoms with van der Waals surface area (Å²) in [5.74, 6) is -0.673. The standard InChI is InChI=1S/C20H33NO4/c1-14(2)8-6-9-15(3)10-7-11-17-19(21-12-18(22)23)20(24-5)16(4)13-25-17/h7-8,10-11,16-17,19-21H,6,9,12-13H2,1-5H3,(H,22,23)/b11-7+,15-10+/t16-,17-,19-,20-/m0/s1. The number of ether oxygens (including phenoxy) is 2. The van der Waals surface area contributed by atoms with Gasteiger partial charge in [-0.1, -0.05) is 42.4 Å². The molecule has 0 aliphatic carbocycles. The summed E-state index contributed by atoms with van der Waals surface area (Å²) >= 11 is 0. The lowest BCUT2D eigenvalue weighted by Gasteiger charge is -2.40. The molecule has 0 saturated carbocycles. The number of hydrogen-bond acceptors (Lipinski definition) is 4. The number of rotatable bonds is 9. The van der Waals surface area contributed by atoms with Gasteiger partial charge in [-0.2, -0.15) is 0 Å². The van der Waals surface area contributed by atoms with E-state index in [0.29, 0.717) is 6.61 Å². The van der Waals surface area contributed by atoms with Crippen molar-refractivity contribution in [2.24, 2.45) is 5.92 Å². The average Bonchev–Trinajstić information content (AvgIpc) is 2.53. The van der Waals surface area contributed by atoms with Gasteiger partial charge in [0.25, 0.3) is 0 Å². The number of hydrogen-bond donors (Lipinski definition) is 2. The van der Waals surface area contributed by atoms with E-state index in [4.69, 9.17) is 14.6 Å². The van der Waals surface area contributed by atoms with Crippen molar-refractivity contribution in [1.82, 2.24) is 5.32 Å². The van der Waals surface area contributed by atoms with Crippen LogP contribution in [-0.2, 0) is 14.3 Å². The quantitative estimate of drug-likeness (QED) is 0.493. The molecule has 0 aromatic heterocycles. The molecule has 1 rings (SSSR count). The molecule has 0 amide bonds. The van der Waals surface area contributed by atoms with Crippen molar-refractivity contribution >= 4 is 5.97 Å². The summed E-state index contributed by atoms with van der Waals surface area (Å²) in [7, 11) is 1.66. The van der Waals surface area contributed by atoms with Crippen LogP contribution in [-0.4, -0.2) is 49.6 Å². The minimum absolute atomic E-state index is 0.0782. The zero-order valence-electron chi connectivity index (χ0n) is 16.1. The van der Waals surface area contributed by atoms with Crippen LogP contribution in [0.4, 0.5) is 0 Å². The van der Waals surface area contributed by atoms with Crippen LogP contribution in [0.15, 0.2) is 35.5 Å². The SMILES string of the molecule is CO[C@@H]1[C@@H](NCC(=O)O)[C@H](/C=C/C=C(\C)CCC=C(C)C)OC[C@@H]1C. The van der Waals surface area contributed by atoms with E-state index in [2.05, 4.69) is 45.2 Å². The van der Waals surface area contributed by atoms with E-state index < -0.39 is 5.97 Å². The van der Waals surface area contributed by atoms with Crippen molar-refractivity contribution in [3.05, 3.63) is 35.5 Å². The average molecular weight is 351 g/mol. The summed E-state index contributed by atoms with van der Waals surface area (Å²) in [6.07, 6.45) is 10.1. The minimum atomic E-state index is -0.883. The molecule has 1 aliphatic heterocycles. The molecule has 1 aliphatic rings. The van der Waals surface area contributed by atoms with Crippen molar-refractivity contribution < 1.29 is 19.4 Å². The van der Waals surface area contributed by atoms with E-state index in [0.717, 1.165) is 12.8 Å². The Labute approximate surface area is 151 Å². The van der Waals surface area contributed by atoms with Crippen molar-refractivity contribution in [2.75, 3.05) is 20.3 Å². The van der Waals surface area contributed by atoms with Gasteiger partial charge in [-0.3, -0.25) is 10.1 Å². The Morgan fingerprint density at radius 2 is 2.08 bits per heavy atom. The molecule has 0 aromatic carbocycles. The largest absolute Gasteiger partial charge is 0.480 e. The molecule has 1 saturated heterocycles. The smallest absolute Gasteiger partial charge is 0.317 e. The van der Waals surface area contributed by atoms with Gasteiger partial charge in [0.1, 0.15) is 0 Å². The second-order valence-corrected chi connectivity index (χ2v) is 6.99. The lowest BCUT2D eigenvalue weighted by atomic mass is 9.91. The van der Waals surface area contributed by atoms with Gasteiger partial charge in [-0.05, 0) is 33.6 Å².